The number of nitrogens with zero attached hydrogens (tertiary/aromatic N) is 1. The summed E-state index contributed by atoms with van der Waals surface area (Å²) in [5.74, 6) is -0.521. The highest BCUT2D eigenvalue weighted by Crippen LogP contribution is 2.44. The predicted octanol–water partition coefficient (Wildman–Crippen LogP) is 3.60. The van der Waals surface area contributed by atoms with E-state index in [0.717, 1.165) is 0 Å². The summed E-state index contributed by atoms with van der Waals surface area (Å²) in [6.45, 7) is 0.762. The van der Waals surface area contributed by atoms with Gasteiger partial charge in [0, 0.05) is 16.7 Å². The first-order chi connectivity index (χ1) is 15.5. The average Bonchev–Trinajstić information content (AvgIpc) is 3.02. The molecule has 1 atom stereocenters. The molecular formula is C25H20FNO5. The van der Waals surface area contributed by atoms with Crippen LogP contribution in [0.15, 0.2) is 66.7 Å². The number of benzene rings is 3. The van der Waals surface area contributed by atoms with E-state index in [9.17, 15) is 19.1 Å². The summed E-state index contributed by atoms with van der Waals surface area (Å²) in [5.41, 5.74) is -0.643. The molecule has 0 unspecified atom stereocenters. The second-order valence-corrected chi connectivity index (χ2v) is 7.82. The van der Waals surface area contributed by atoms with Crippen molar-refractivity contribution in [1.29, 1.82) is 0 Å². The van der Waals surface area contributed by atoms with Crippen LogP contribution < -0.4 is 14.4 Å². The van der Waals surface area contributed by atoms with Gasteiger partial charge >= 0.3 is 0 Å². The molecular weight excluding hydrogens is 413 g/mol. The molecule has 0 bridgehead atoms. The minimum absolute atomic E-state index is 0.0525. The number of para-hydroxylation sites is 1. The number of ether oxygens (including phenoxy) is 2. The number of carbonyl (C=O) groups is 2. The molecule has 162 valence electrons. The third-order valence-corrected chi connectivity index (χ3v) is 5.81. The molecule has 0 radical (unpaired) electrons. The highest BCUT2D eigenvalue weighted by molar-refractivity contribution is 6.10. The van der Waals surface area contributed by atoms with Crippen LogP contribution in [0.2, 0.25) is 0 Å². The van der Waals surface area contributed by atoms with Gasteiger partial charge in [-0.1, -0.05) is 36.4 Å². The standard InChI is InChI=1S/C25H20FNO5/c26-19-7-3-1-5-17(19)15-27-20-8-4-2-6-18(20)25(30,24(27)29)14-21(28)16-9-10-22-23(13-16)32-12-11-31-22/h1-10,13,30H,11-12,14-15H2/t25-/m0/s1. The lowest BCUT2D eigenvalue weighted by molar-refractivity contribution is -0.136. The quantitative estimate of drug-likeness (QED) is 0.623. The van der Waals surface area contributed by atoms with Crippen LogP contribution >= 0.6 is 0 Å². The van der Waals surface area contributed by atoms with Crippen LogP contribution in [0.1, 0.15) is 27.9 Å². The van der Waals surface area contributed by atoms with Gasteiger partial charge < -0.3 is 19.5 Å². The second kappa shape index (κ2) is 7.76. The molecule has 3 aromatic carbocycles. The molecule has 32 heavy (non-hydrogen) atoms. The lowest BCUT2D eigenvalue weighted by atomic mass is 9.88. The Balaban J connectivity index is 1.46. The Bertz CT molecular complexity index is 1230. The number of fused-ring (bicyclic) bond motifs is 2. The molecule has 1 amide bonds. The van der Waals surface area contributed by atoms with Crippen molar-refractivity contribution in [2.45, 2.75) is 18.6 Å². The Morgan fingerprint density at radius 3 is 2.53 bits per heavy atom. The van der Waals surface area contributed by atoms with Crippen molar-refractivity contribution in [3.63, 3.8) is 0 Å². The molecule has 0 saturated heterocycles. The Kier molecular flexibility index (Phi) is 4.90. The van der Waals surface area contributed by atoms with Crippen molar-refractivity contribution < 1.29 is 28.6 Å². The summed E-state index contributed by atoms with van der Waals surface area (Å²) in [6.07, 6.45) is -0.448. The van der Waals surface area contributed by atoms with Crippen LogP contribution in [0.4, 0.5) is 10.1 Å². The van der Waals surface area contributed by atoms with Gasteiger partial charge in [-0.25, -0.2) is 4.39 Å². The normalized spacial score (nSPS) is 19.1. The zero-order valence-electron chi connectivity index (χ0n) is 17.1. The molecule has 5 rings (SSSR count). The Morgan fingerprint density at radius 2 is 1.72 bits per heavy atom. The number of aliphatic hydroxyl groups is 1. The molecule has 0 aromatic heterocycles. The summed E-state index contributed by atoms with van der Waals surface area (Å²) in [7, 11) is 0. The van der Waals surface area contributed by atoms with Crippen LogP contribution in [-0.4, -0.2) is 30.0 Å². The van der Waals surface area contributed by atoms with Crippen LogP contribution in [0.25, 0.3) is 0 Å². The number of carbonyl (C=O) groups excluding carboxylic acids is 2. The van der Waals surface area contributed by atoms with Gasteiger partial charge in [-0.15, -0.1) is 0 Å². The van der Waals surface area contributed by atoms with Crippen LogP contribution in [0.5, 0.6) is 11.5 Å². The minimum atomic E-state index is -2.05. The summed E-state index contributed by atoms with van der Waals surface area (Å²) < 4.78 is 25.2. The fourth-order valence-electron chi connectivity index (χ4n) is 4.18. The Labute approximate surface area is 183 Å². The van der Waals surface area contributed by atoms with E-state index in [1.54, 1.807) is 60.7 Å². The first kappa shape index (κ1) is 20.2. The van der Waals surface area contributed by atoms with Gasteiger partial charge in [-0.05, 0) is 30.3 Å². The predicted molar refractivity (Wildman–Crippen MR) is 114 cm³/mol. The molecule has 0 saturated carbocycles. The highest BCUT2D eigenvalue weighted by Gasteiger charge is 2.50. The molecule has 0 fully saturated rings. The molecule has 0 aliphatic carbocycles. The number of Topliss-reactive ketones (excluding diaryl/α,β-unsaturated/α-hetero) is 1. The molecule has 2 aliphatic heterocycles. The van der Waals surface area contributed by atoms with E-state index in [-0.39, 0.29) is 6.54 Å². The second-order valence-electron chi connectivity index (χ2n) is 7.82. The van der Waals surface area contributed by atoms with Gasteiger partial charge in [0.2, 0.25) is 0 Å². The number of ketones is 1. The van der Waals surface area contributed by atoms with Crippen LogP contribution in [0.3, 0.4) is 0 Å². The van der Waals surface area contributed by atoms with Crippen molar-refractivity contribution >= 4 is 17.4 Å². The van der Waals surface area contributed by atoms with E-state index < -0.39 is 29.5 Å². The first-order valence-electron chi connectivity index (χ1n) is 10.3. The summed E-state index contributed by atoms with van der Waals surface area (Å²) in [4.78, 5) is 27.8. The largest absolute Gasteiger partial charge is 0.486 e. The van der Waals surface area contributed by atoms with Crippen molar-refractivity contribution in [3.05, 3.63) is 89.2 Å². The lowest BCUT2D eigenvalue weighted by Crippen LogP contribution is -2.41. The maximum atomic E-state index is 14.2. The number of anilines is 1. The van der Waals surface area contributed by atoms with Gasteiger partial charge in [0.15, 0.2) is 22.9 Å². The van der Waals surface area contributed by atoms with E-state index in [1.807, 2.05) is 0 Å². The highest BCUT2D eigenvalue weighted by atomic mass is 19.1. The van der Waals surface area contributed by atoms with Gasteiger partial charge in [0.1, 0.15) is 19.0 Å². The zero-order valence-corrected chi connectivity index (χ0v) is 17.1. The molecule has 7 heteroatoms. The number of rotatable bonds is 5. The minimum Gasteiger partial charge on any atom is -0.486 e. The van der Waals surface area contributed by atoms with E-state index in [0.29, 0.717) is 47.1 Å². The maximum absolute atomic E-state index is 14.2. The fourth-order valence-corrected chi connectivity index (χ4v) is 4.18. The molecule has 2 heterocycles. The van der Waals surface area contributed by atoms with E-state index in [1.165, 1.54) is 11.0 Å². The van der Waals surface area contributed by atoms with Crippen molar-refractivity contribution in [1.82, 2.24) is 0 Å². The summed E-state index contributed by atoms with van der Waals surface area (Å²) in [6, 6.07) is 17.7. The summed E-state index contributed by atoms with van der Waals surface area (Å²) >= 11 is 0. The SMILES string of the molecule is O=C(C[C@@]1(O)C(=O)N(Cc2ccccc2F)c2ccccc21)c1ccc2c(c1)OCCO2. The van der Waals surface area contributed by atoms with E-state index in [2.05, 4.69) is 0 Å². The number of hydrogen-bond acceptors (Lipinski definition) is 5. The molecule has 6 nitrogen and oxygen atoms in total. The molecule has 3 aromatic rings. The fraction of sp³-hybridized carbons (Fsp3) is 0.200. The van der Waals surface area contributed by atoms with E-state index in [4.69, 9.17) is 9.47 Å². The molecule has 1 N–H and O–H groups in total. The third kappa shape index (κ3) is 3.31. The lowest BCUT2D eigenvalue weighted by Gasteiger charge is -2.23. The van der Waals surface area contributed by atoms with Crippen LogP contribution in [-0.2, 0) is 16.9 Å². The van der Waals surface area contributed by atoms with E-state index >= 15 is 0 Å². The van der Waals surface area contributed by atoms with Gasteiger partial charge in [0.25, 0.3) is 5.91 Å². The van der Waals surface area contributed by atoms with Crippen LogP contribution in [0, 0.1) is 5.82 Å². The monoisotopic (exact) mass is 433 g/mol. The molecule has 0 spiro atoms. The van der Waals surface area contributed by atoms with Crippen molar-refractivity contribution in [2.24, 2.45) is 0 Å². The first-order valence-corrected chi connectivity index (χ1v) is 10.3. The topological polar surface area (TPSA) is 76.1 Å². The Hall–Kier alpha value is -3.71. The maximum Gasteiger partial charge on any atom is 0.264 e. The van der Waals surface area contributed by atoms with Crippen molar-refractivity contribution in [2.75, 3.05) is 18.1 Å². The summed E-state index contributed by atoms with van der Waals surface area (Å²) in [5, 5.41) is 11.4. The van der Waals surface area contributed by atoms with Gasteiger partial charge in [-0.3, -0.25) is 9.59 Å². The number of halogens is 1. The number of amides is 1. The average molecular weight is 433 g/mol. The molecule has 2 aliphatic rings. The number of hydrogen-bond donors (Lipinski definition) is 1. The van der Waals surface area contributed by atoms with Gasteiger partial charge in [0.05, 0.1) is 18.7 Å². The Morgan fingerprint density at radius 1 is 1.00 bits per heavy atom. The van der Waals surface area contributed by atoms with Crippen molar-refractivity contribution in [3.8, 4) is 11.5 Å². The third-order valence-electron chi connectivity index (χ3n) is 5.81. The van der Waals surface area contributed by atoms with Gasteiger partial charge in [-0.2, -0.15) is 0 Å². The smallest absolute Gasteiger partial charge is 0.264 e. The zero-order chi connectivity index (χ0) is 22.3.